The molecule has 1 aromatic carbocycles. The maximum Gasteiger partial charge on any atom is 0.170 e. The summed E-state index contributed by atoms with van der Waals surface area (Å²) >= 11 is 0. The summed E-state index contributed by atoms with van der Waals surface area (Å²) in [6.07, 6.45) is 9.17. The number of benzene rings is 1. The molecule has 0 N–H and O–H groups in total. The van der Waals surface area contributed by atoms with Crippen LogP contribution in [0.3, 0.4) is 0 Å². The molecule has 0 amide bonds. The summed E-state index contributed by atoms with van der Waals surface area (Å²) in [5, 5.41) is 12.5. The molecule has 0 unspecified atom stereocenters. The number of aromatic nitrogens is 9. The standard InChI is InChI=1S/C13H11N9O/c1-23-13-11(21-8-15-5-18-21)2-10(20-7-14-4-17-20)3-12(13)22-9-16-6-19-22/h2-9H,1H3. The summed E-state index contributed by atoms with van der Waals surface area (Å²) in [6.45, 7) is 0. The van der Waals surface area contributed by atoms with Crippen LogP contribution in [0.4, 0.5) is 0 Å². The van der Waals surface area contributed by atoms with Crippen molar-refractivity contribution in [2.45, 2.75) is 0 Å². The molecule has 0 saturated carbocycles. The topological polar surface area (TPSA) is 101 Å². The molecule has 0 aliphatic rings. The van der Waals surface area contributed by atoms with Crippen molar-refractivity contribution in [2.24, 2.45) is 0 Å². The van der Waals surface area contributed by atoms with Gasteiger partial charge in [-0.05, 0) is 12.1 Å². The van der Waals surface area contributed by atoms with Crippen molar-refractivity contribution in [3.05, 3.63) is 50.1 Å². The number of hydrogen-bond donors (Lipinski definition) is 0. The fourth-order valence-electron chi connectivity index (χ4n) is 2.27. The van der Waals surface area contributed by atoms with Crippen LogP contribution in [0.5, 0.6) is 5.75 Å². The number of rotatable bonds is 4. The van der Waals surface area contributed by atoms with Gasteiger partial charge in [0.1, 0.15) is 49.3 Å². The molecule has 0 atom stereocenters. The molecule has 114 valence electrons. The highest BCUT2D eigenvalue weighted by molar-refractivity contribution is 5.64. The van der Waals surface area contributed by atoms with Crippen molar-refractivity contribution in [3.8, 4) is 22.8 Å². The van der Waals surface area contributed by atoms with E-state index in [1.807, 2.05) is 12.1 Å². The van der Waals surface area contributed by atoms with E-state index in [0.29, 0.717) is 17.1 Å². The van der Waals surface area contributed by atoms with E-state index in [4.69, 9.17) is 4.74 Å². The molecule has 0 aliphatic heterocycles. The minimum atomic E-state index is 0.588. The van der Waals surface area contributed by atoms with Gasteiger partial charge in [-0.3, -0.25) is 0 Å². The molecule has 23 heavy (non-hydrogen) atoms. The van der Waals surface area contributed by atoms with Gasteiger partial charge in [0, 0.05) is 0 Å². The normalized spacial score (nSPS) is 10.8. The average Bonchev–Trinajstić information content (AvgIpc) is 3.37. The van der Waals surface area contributed by atoms with Crippen molar-refractivity contribution in [3.63, 3.8) is 0 Å². The third kappa shape index (κ3) is 2.21. The molecule has 10 nitrogen and oxygen atoms in total. The van der Waals surface area contributed by atoms with Gasteiger partial charge in [0.25, 0.3) is 0 Å². The van der Waals surface area contributed by atoms with Crippen molar-refractivity contribution in [1.29, 1.82) is 0 Å². The van der Waals surface area contributed by atoms with Crippen molar-refractivity contribution >= 4 is 0 Å². The van der Waals surface area contributed by atoms with E-state index < -0.39 is 0 Å². The zero-order valence-electron chi connectivity index (χ0n) is 12.1. The molecular formula is C13H11N9O. The van der Waals surface area contributed by atoms with Crippen molar-refractivity contribution in [1.82, 2.24) is 44.3 Å². The first-order chi connectivity index (χ1) is 11.4. The summed E-state index contributed by atoms with van der Waals surface area (Å²) in [5.41, 5.74) is 2.17. The van der Waals surface area contributed by atoms with Gasteiger partial charge in [0.2, 0.25) is 0 Å². The molecule has 0 radical (unpaired) electrons. The number of methoxy groups -OCH3 is 1. The average molecular weight is 309 g/mol. The smallest absolute Gasteiger partial charge is 0.170 e. The van der Waals surface area contributed by atoms with Crippen LogP contribution in [0.25, 0.3) is 17.1 Å². The Morgan fingerprint density at radius 3 is 1.61 bits per heavy atom. The van der Waals surface area contributed by atoms with Crippen molar-refractivity contribution < 1.29 is 4.74 Å². The molecule has 0 bridgehead atoms. The van der Waals surface area contributed by atoms with Crippen LogP contribution in [-0.4, -0.2) is 51.4 Å². The maximum atomic E-state index is 5.57. The van der Waals surface area contributed by atoms with Crippen LogP contribution < -0.4 is 4.74 Å². The molecule has 4 aromatic rings. The molecule has 10 heteroatoms. The van der Waals surface area contributed by atoms with E-state index in [2.05, 4.69) is 30.2 Å². The van der Waals surface area contributed by atoms with Crippen LogP contribution in [0, 0.1) is 0 Å². The van der Waals surface area contributed by atoms with E-state index in [-0.39, 0.29) is 0 Å². The lowest BCUT2D eigenvalue weighted by Gasteiger charge is -2.15. The molecule has 3 aromatic heterocycles. The van der Waals surface area contributed by atoms with Crippen molar-refractivity contribution in [2.75, 3.05) is 7.11 Å². The first-order valence-electron chi connectivity index (χ1n) is 6.64. The first kappa shape index (κ1) is 13.1. The van der Waals surface area contributed by atoms with E-state index in [1.165, 1.54) is 19.0 Å². The fraction of sp³-hybridized carbons (Fsp3) is 0.0769. The van der Waals surface area contributed by atoms with Gasteiger partial charge in [-0.25, -0.2) is 29.0 Å². The lowest BCUT2D eigenvalue weighted by molar-refractivity contribution is 0.408. The highest BCUT2D eigenvalue weighted by Gasteiger charge is 2.17. The lowest BCUT2D eigenvalue weighted by Crippen LogP contribution is -2.07. The molecule has 0 spiro atoms. The van der Waals surface area contributed by atoms with Crippen LogP contribution in [0.2, 0.25) is 0 Å². The highest BCUT2D eigenvalue weighted by Crippen LogP contribution is 2.32. The zero-order chi connectivity index (χ0) is 15.6. The van der Waals surface area contributed by atoms with Gasteiger partial charge in [0.05, 0.1) is 12.8 Å². The van der Waals surface area contributed by atoms with Crippen LogP contribution >= 0.6 is 0 Å². The second-order valence-corrected chi connectivity index (χ2v) is 4.54. The third-order valence-corrected chi connectivity index (χ3v) is 3.25. The predicted octanol–water partition coefficient (Wildman–Crippen LogP) is 0.437. The van der Waals surface area contributed by atoms with Crippen LogP contribution in [0.1, 0.15) is 0 Å². The molecule has 0 saturated heterocycles. The molecular weight excluding hydrogens is 298 g/mol. The Hall–Kier alpha value is -3.56. The fourth-order valence-corrected chi connectivity index (χ4v) is 2.27. The van der Waals surface area contributed by atoms with Gasteiger partial charge in [-0.1, -0.05) is 0 Å². The van der Waals surface area contributed by atoms with Gasteiger partial charge in [0.15, 0.2) is 5.75 Å². The van der Waals surface area contributed by atoms with E-state index in [1.54, 1.807) is 40.1 Å². The minimum absolute atomic E-state index is 0.588. The van der Waals surface area contributed by atoms with Gasteiger partial charge < -0.3 is 4.74 Å². The third-order valence-electron chi connectivity index (χ3n) is 3.25. The monoisotopic (exact) mass is 309 g/mol. The maximum absolute atomic E-state index is 5.57. The molecule has 3 heterocycles. The van der Waals surface area contributed by atoms with E-state index in [9.17, 15) is 0 Å². The molecule has 4 rings (SSSR count). The summed E-state index contributed by atoms with van der Waals surface area (Å²) in [4.78, 5) is 11.9. The number of ether oxygens (including phenoxy) is 1. The minimum Gasteiger partial charge on any atom is -0.492 e. The van der Waals surface area contributed by atoms with Gasteiger partial charge >= 0.3 is 0 Å². The Kier molecular flexibility index (Phi) is 3.04. The second-order valence-electron chi connectivity index (χ2n) is 4.54. The van der Waals surface area contributed by atoms with Crippen LogP contribution in [-0.2, 0) is 0 Å². The van der Waals surface area contributed by atoms with Gasteiger partial charge in [-0.15, -0.1) is 0 Å². The Morgan fingerprint density at radius 2 is 1.22 bits per heavy atom. The SMILES string of the molecule is COc1c(-n2cncn2)cc(-n2cncn2)cc1-n1cncn1. The molecule has 0 fully saturated rings. The Labute approximate surface area is 130 Å². The first-order valence-corrected chi connectivity index (χ1v) is 6.64. The Bertz CT molecular complexity index is 842. The zero-order valence-corrected chi connectivity index (χ0v) is 12.1. The van der Waals surface area contributed by atoms with Gasteiger partial charge in [-0.2, -0.15) is 15.3 Å². The summed E-state index contributed by atoms with van der Waals surface area (Å²) in [5.74, 6) is 0.588. The number of hydrogen-bond acceptors (Lipinski definition) is 7. The highest BCUT2D eigenvalue weighted by atomic mass is 16.5. The molecule has 0 aliphatic carbocycles. The summed E-state index contributed by atoms with van der Waals surface area (Å²) in [7, 11) is 1.59. The summed E-state index contributed by atoms with van der Waals surface area (Å²) in [6, 6.07) is 3.76. The Balaban J connectivity index is 2.01. The second kappa shape index (κ2) is 5.33. The van der Waals surface area contributed by atoms with Crippen LogP contribution in [0.15, 0.2) is 50.1 Å². The quantitative estimate of drug-likeness (QED) is 0.539. The lowest BCUT2D eigenvalue weighted by atomic mass is 10.2. The summed E-state index contributed by atoms with van der Waals surface area (Å²) < 4.78 is 10.4. The predicted molar refractivity (Wildman–Crippen MR) is 77.7 cm³/mol. The number of nitrogens with zero attached hydrogens (tertiary/aromatic N) is 9. The van der Waals surface area contributed by atoms with E-state index in [0.717, 1.165) is 5.69 Å². The largest absolute Gasteiger partial charge is 0.492 e. The van der Waals surface area contributed by atoms with E-state index >= 15 is 0 Å². The Morgan fingerprint density at radius 1 is 0.739 bits per heavy atom.